The summed E-state index contributed by atoms with van der Waals surface area (Å²) >= 11 is 0. The predicted molar refractivity (Wildman–Crippen MR) is 90.3 cm³/mol. The van der Waals surface area contributed by atoms with Crippen LogP contribution in [0.3, 0.4) is 0 Å². The first-order valence-electron chi connectivity index (χ1n) is 8.33. The largest absolute Gasteiger partial charge is 0.377 e. The van der Waals surface area contributed by atoms with Gasteiger partial charge in [0.15, 0.2) is 5.82 Å². The standard InChI is InChI=1S/C18H25N3O3/c1-4-23-12-15-7-5-14(6-8-15)11-19-16(22)9-10-17-20-18(13(2)3)21-24-17/h5-8,13H,4,9-12H2,1-3H3,(H,19,22). The third-order valence-corrected chi connectivity index (χ3v) is 3.55. The Bertz CT molecular complexity index is 635. The summed E-state index contributed by atoms with van der Waals surface area (Å²) in [7, 11) is 0. The Kier molecular flexibility index (Phi) is 6.93. The molecule has 0 aliphatic rings. The van der Waals surface area contributed by atoms with Gasteiger partial charge in [0.05, 0.1) is 6.61 Å². The molecule has 24 heavy (non-hydrogen) atoms. The van der Waals surface area contributed by atoms with Crippen molar-refractivity contribution in [1.82, 2.24) is 15.5 Å². The Labute approximate surface area is 142 Å². The molecule has 0 aliphatic carbocycles. The van der Waals surface area contributed by atoms with E-state index in [1.807, 2.05) is 45.0 Å². The molecule has 1 heterocycles. The second kappa shape index (κ2) is 9.17. The van der Waals surface area contributed by atoms with Crippen LogP contribution in [0, 0.1) is 0 Å². The van der Waals surface area contributed by atoms with Crippen LogP contribution in [0.5, 0.6) is 0 Å². The maximum absolute atomic E-state index is 11.9. The number of carbonyl (C=O) groups is 1. The van der Waals surface area contributed by atoms with Crippen molar-refractivity contribution in [3.63, 3.8) is 0 Å². The molecule has 6 heteroatoms. The number of hydrogen-bond acceptors (Lipinski definition) is 5. The van der Waals surface area contributed by atoms with Gasteiger partial charge in [0.1, 0.15) is 0 Å². The first-order valence-corrected chi connectivity index (χ1v) is 8.33. The second-order valence-electron chi connectivity index (χ2n) is 5.93. The maximum atomic E-state index is 11.9. The Morgan fingerprint density at radius 3 is 2.58 bits per heavy atom. The number of aryl methyl sites for hydroxylation is 1. The lowest BCUT2D eigenvalue weighted by Crippen LogP contribution is -2.23. The number of nitrogens with one attached hydrogen (secondary N) is 1. The average molecular weight is 331 g/mol. The highest BCUT2D eigenvalue weighted by Gasteiger charge is 2.11. The zero-order valence-corrected chi connectivity index (χ0v) is 14.5. The molecule has 2 rings (SSSR count). The number of benzene rings is 1. The summed E-state index contributed by atoms with van der Waals surface area (Å²) in [5.74, 6) is 1.38. The van der Waals surface area contributed by atoms with Gasteiger partial charge >= 0.3 is 0 Å². The number of aromatic nitrogens is 2. The summed E-state index contributed by atoms with van der Waals surface area (Å²) in [5, 5.41) is 6.79. The normalized spacial score (nSPS) is 11.0. The summed E-state index contributed by atoms with van der Waals surface area (Å²) in [5.41, 5.74) is 2.19. The maximum Gasteiger partial charge on any atom is 0.227 e. The number of hydrogen-bond donors (Lipinski definition) is 1. The Morgan fingerprint density at radius 2 is 1.96 bits per heavy atom. The van der Waals surface area contributed by atoms with Gasteiger partial charge in [0.25, 0.3) is 0 Å². The number of nitrogens with zero attached hydrogens (tertiary/aromatic N) is 2. The van der Waals surface area contributed by atoms with Gasteiger partial charge in [0, 0.05) is 31.9 Å². The molecule has 130 valence electrons. The highest BCUT2D eigenvalue weighted by atomic mass is 16.5. The van der Waals surface area contributed by atoms with Gasteiger partial charge < -0.3 is 14.6 Å². The molecule has 0 radical (unpaired) electrons. The molecular formula is C18H25N3O3. The third kappa shape index (κ3) is 5.77. The SMILES string of the molecule is CCOCc1ccc(CNC(=O)CCc2nc(C(C)C)no2)cc1. The van der Waals surface area contributed by atoms with Crippen molar-refractivity contribution >= 4 is 5.91 Å². The van der Waals surface area contributed by atoms with Crippen LogP contribution >= 0.6 is 0 Å². The first-order chi connectivity index (χ1) is 11.6. The molecule has 6 nitrogen and oxygen atoms in total. The minimum absolute atomic E-state index is 0.0299. The lowest BCUT2D eigenvalue weighted by molar-refractivity contribution is -0.121. The quantitative estimate of drug-likeness (QED) is 0.764. The van der Waals surface area contributed by atoms with Crippen molar-refractivity contribution < 1.29 is 14.1 Å². The minimum Gasteiger partial charge on any atom is -0.377 e. The van der Waals surface area contributed by atoms with Crippen molar-refractivity contribution in [3.8, 4) is 0 Å². The van der Waals surface area contributed by atoms with E-state index in [4.69, 9.17) is 9.26 Å². The van der Waals surface area contributed by atoms with E-state index in [1.54, 1.807) is 0 Å². The molecule has 0 aliphatic heterocycles. The molecule has 0 saturated carbocycles. The summed E-state index contributed by atoms with van der Waals surface area (Å²) in [6.45, 7) is 7.81. The number of rotatable bonds is 9. The zero-order chi connectivity index (χ0) is 17.4. The lowest BCUT2D eigenvalue weighted by Gasteiger charge is -2.06. The fraction of sp³-hybridized carbons (Fsp3) is 0.500. The molecule has 0 fully saturated rings. The molecule has 1 amide bonds. The lowest BCUT2D eigenvalue weighted by atomic mass is 10.1. The molecular weight excluding hydrogens is 306 g/mol. The molecule has 0 spiro atoms. The van der Waals surface area contributed by atoms with Crippen LogP contribution in [0.15, 0.2) is 28.8 Å². The fourth-order valence-corrected chi connectivity index (χ4v) is 2.09. The van der Waals surface area contributed by atoms with Gasteiger partial charge in [-0.05, 0) is 18.1 Å². The Hall–Kier alpha value is -2.21. The average Bonchev–Trinajstić information content (AvgIpc) is 3.06. The Morgan fingerprint density at radius 1 is 1.25 bits per heavy atom. The van der Waals surface area contributed by atoms with Crippen LogP contribution in [0.2, 0.25) is 0 Å². The molecule has 0 bridgehead atoms. The van der Waals surface area contributed by atoms with Crippen LogP contribution in [0.4, 0.5) is 0 Å². The summed E-state index contributed by atoms with van der Waals surface area (Å²) in [6, 6.07) is 8.04. The van der Waals surface area contributed by atoms with Crippen molar-refractivity contribution in [3.05, 3.63) is 47.1 Å². The van der Waals surface area contributed by atoms with E-state index in [2.05, 4.69) is 15.5 Å². The van der Waals surface area contributed by atoms with Crippen LogP contribution < -0.4 is 5.32 Å². The van der Waals surface area contributed by atoms with Crippen LogP contribution in [0.25, 0.3) is 0 Å². The van der Waals surface area contributed by atoms with E-state index in [0.29, 0.717) is 44.3 Å². The van der Waals surface area contributed by atoms with Crippen LogP contribution in [-0.4, -0.2) is 22.7 Å². The van der Waals surface area contributed by atoms with Crippen molar-refractivity contribution in [2.75, 3.05) is 6.61 Å². The molecule has 1 N–H and O–H groups in total. The highest BCUT2D eigenvalue weighted by molar-refractivity contribution is 5.76. The summed E-state index contributed by atoms with van der Waals surface area (Å²) in [4.78, 5) is 16.2. The van der Waals surface area contributed by atoms with Gasteiger partial charge in [0.2, 0.25) is 11.8 Å². The minimum atomic E-state index is -0.0299. The molecule has 2 aromatic rings. The summed E-state index contributed by atoms with van der Waals surface area (Å²) < 4.78 is 10.5. The molecule has 1 aromatic heterocycles. The summed E-state index contributed by atoms with van der Waals surface area (Å²) in [6.07, 6.45) is 0.793. The smallest absolute Gasteiger partial charge is 0.227 e. The number of carbonyl (C=O) groups excluding carboxylic acids is 1. The Balaban J connectivity index is 1.72. The number of amides is 1. The predicted octanol–water partition coefficient (Wildman–Crippen LogP) is 2.98. The van der Waals surface area contributed by atoms with Crippen LogP contribution in [0.1, 0.15) is 56.0 Å². The van der Waals surface area contributed by atoms with Gasteiger partial charge in [-0.2, -0.15) is 4.98 Å². The molecule has 0 saturated heterocycles. The molecule has 0 atom stereocenters. The van der Waals surface area contributed by atoms with E-state index < -0.39 is 0 Å². The molecule has 0 unspecified atom stereocenters. The van der Waals surface area contributed by atoms with E-state index >= 15 is 0 Å². The monoisotopic (exact) mass is 331 g/mol. The van der Waals surface area contributed by atoms with Crippen molar-refractivity contribution in [2.24, 2.45) is 0 Å². The van der Waals surface area contributed by atoms with Gasteiger partial charge in [-0.1, -0.05) is 43.3 Å². The van der Waals surface area contributed by atoms with Gasteiger partial charge in [-0.3, -0.25) is 4.79 Å². The van der Waals surface area contributed by atoms with E-state index in [-0.39, 0.29) is 11.8 Å². The van der Waals surface area contributed by atoms with E-state index in [0.717, 1.165) is 11.1 Å². The van der Waals surface area contributed by atoms with Gasteiger partial charge in [-0.15, -0.1) is 0 Å². The third-order valence-electron chi connectivity index (χ3n) is 3.55. The first kappa shape index (κ1) is 18.1. The van der Waals surface area contributed by atoms with Crippen molar-refractivity contribution in [1.29, 1.82) is 0 Å². The van der Waals surface area contributed by atoms with Gasteiger partial charge in [-0.25, -0.2) is 0 Å². The highest BCUT2D eigenvalue weighted by Crippen LogP contribution is 2.10. The van der Waals surface area contributed by atoms with Crippen molar-refractivity contribution in [2.45, 2.75) is 52.7 Å². The second-order valence-corrected chi connectivity index (χ2v) is 5.93. The van der Waals surface area contributed by atoms with Crippen LogP contribution in [-0.2, 0) is 29.1 Å². The fourth-order valence-electron chi connectivity index (χ4n) is 2.09. The molecule has 1 aromatic carbocycles. The van der Waals surface area contributed by atoms with E-state index in [9.17, 15) is 4.79 Å². The zero-order valence-electron chi connectivity index (χ0n) is 14.5. The topological polar surface area (TPSA) is 77.2 Å². The van der Waals surface area contributed by atoms with E-state index in [1.165, 1.54) is 0 Å². The number of ether oxygens (including phenoxy) is 1.